The number of carbonyl (C=O) groups excluding carboxylic acids is 3. The quantitative estimate of drug-likeness (QED) is 0.367. The Hall–Kier alpha value is -3.22. The second kappa shape index (κ2) is 6.01. The molecule has 0 N–H and O–H groups in total. The predicted octanol–water partition coefficient (Wildman–Crippen LogP) is 1.89. The standard InChI is InChI=1S/C18H16N2O5/c1-4-7-19-16(22)17(23)20(18(19)24)9-12-8-14(21)25-15-11(3)10(2)5-6-13(12)15/h4-6,8H,1,7,9H2,2-3H3. The van der Waals surface area contributed by atoms with E-state index >= 15 is 0 Å². The average Bonchev–Trinajstić information content (AvgIpc) is 2.77. The Labute approximate surface area is 143 Å². The molecule has 1 aromatic carbocycles. The fourth-order valence-corrected chi connectivity index (χ4v) is 2.81. The van der Waals surface area contributed by atoms with Gasteiger partial charge in [-0.25, -0.2) is 9.59 Å². The Morgan fingerprint density at radius 1 is 1.08 bits per heavy atom. The molecule has 2 aromatic rings. The normalized spacial score (nSPS) is 14.7. The van der Waals surface area contributed by atoms with Crippen molar-refractivity contribution in [2.75, 3.05) is 6.54 Å². The number of aryl methyl sites for hydroxylation is 2. The van der Waals surface area contributed by atoms with E-state index in [9.17, 15) is 19.2 Å². The van der Waals surface area contributed by atoms with E-state index in [1.165, 1.54) is 12.1 Å². The van der Waals surface area contributed by atoms with Crippen molar-refractivity contribution in [3.8, 4) is 0 Å². The molecule has 7 nitrogen and oxygen atoms in total. The number of nitrogens with zero attached hydrogens (tertiary/aromatic N) is 2. The first-order chi connectivity index (χ1) is 11.8. The first-order valence-electron chi connectivity index (χ1n) is 7.66. The number of imide groups is 2. The second-order valence-corrected chi connectivity index (χ2v) is 5.85. The van der Waals surface area contributed by atoms with Gasteiger partial charge >= 0.3 is 23.5 Å². The molecule has 1 aliphatic rings. The number of carbonyl (C=O) groups is 3. The molecule has 0 aliphatic carbocycles. The van der Waals surface area contributed by atoms with Crippen molar-refractivity contribution in [3.05, 3.63) is 58.0 Å². The van der Waals surface area contributed by atoms with Crippen molar-refractivity contribution in [2.45, 2.75) is 20.4 Å². The molecule has 0 spiro atoms. The van der Waals surface area contributed by atoms with Gasteiger partial charge in [0.2, 0.25) is 0 Å². The molecule has 128 valence electrons. The van der Waals surface area contributed by atoms with Crippen LogP contribution in [0.4, 0.5) is 4.79 Å². The minimum Gasteiger partial charge on any atom is -0.422 e. The molecule has 0 atom stereocenters. The highest BCUT2D eigenvalue weighted by Gasteiger charge is 2.43. The van der Waals surface area contributed by atoms with Crippen molar-refractivity contribution >= 4 is 28.8 Å². The van der Waals surface area contributed by atoms with E-state index in [4.69, 9.17) is 4.42 Å². The lowest BCUT2D eigenvalue weighted by atomic mass is 10.0. The maximum absolute atomic E-state index is 12.3. The summed E-state index contributed by atoms with van der Waals surface area (Å²) in [6.07, 6.45) is 1.37. The minimum absolute atomic E-state index is 0.0457. The summed E-state index contributed by atoms with van der Waals surface area (Å²) in [4.78, 5) is 49.9. The van der Waals surface area contributed by atoms with Crippen LogP contribution in [-0.2, 0) is 16.1 Å². The molecular formula is C18H16N2O5. The van der Waals surface area contributed by atoms with E-state index in [0.717, 1.165) is 20.9 Å². The Morgan fingerprint density at radius 3 is 2.44 bits per heavy atom. The Morgan fingerprint density at radius 2 is 1.76 bits per heavy atom. The molecule has 0 saturated carbocycles. The van der Waals surface area contributed by atoms with Gasteiger partial charge in [-0.05, 0) is 30.5 Å². The zero-order valence-electron chi connectivity index (χ0n) is 13.9. The molecule has 1 saturated heterocycles. The van der Waals surface area contributed by atoms with Crippen LogP contribution in [-0.4, -0.2) is 34.2 Å². The predicted molar refractivity (Wildman–Crippen MR) is 89.8 cm³/mol. The zero-order chi connectivity index (χ0) is 18.3. The van der Waals surface area contributed by atoms with Crippen molar-refractivity contribution in [3.63, 3.8) is 0 Å². The van der Waals surface area contributed by atoms with Gasteiger partial charge in [0.15, 0.2) is 0 Å². The van der Waals surface area contributed by atoms with Crippen LogP contribution in [0.3, 0.4) is 0 Å². The SMILES string of the molecule is C=CCN1C(=O)C(=O)N(Cc2cc(=O)oc3c(C)c(C)ccc23)C1=O. The lowest BCUT2D eigenvalue weighted by Gasteiger charge is -2.15. The van der Waals surface area contributed by atoms with Gasteiger partial charge in [-0.15, -0.1) is 6.58 Å². The monoisotopic (exact) mass is 340 g/mol. The number of fused-ring (bicyclic) bond motifs is 1. The second-order valence-electron chi connectivity index (χ2n) is 5.85. The van der Waals surface area contributed by atoms with Crippen LogP contribution in [0.15, 0.2) is 40.1 Å². The Kier molecular flexibility index (Phi) is 4.00. The van der Waals surface area contributed by atoms with Crippen LogP contribution >= 0.6 is 0 Å². The summed E-state index contributed by atoms with van der Waals surface area (Å²) < 4.78 is 5.28. The molecule has 1 fully saturated rings. The summed E-state index contributed by atoms with van der Waals surface area (Å²) >= 11 is 0. The zero-order valence-corrected chi connectivity index (χ0v) is 13.9. The number of hydrogen-bond donors (Lipinski definition) is 0. The first kappa shape index (κ1) is 16.6. The number of hydrogen-bond acceptors (Lipinski definition) is 5. The molecule has 3 rings (SSSR count). The van der Waals surface area contributed by atoms with Crippen molar-refractivity contribution < 1.29 is 18.8 Å². The lowest BCUT2D eigenvalue weighted by molar-refractivity contribution is -0.143. The van der Waals surface area contributed by atoms with Crippen LogP contribution in [0.1, 0.15) is 16.7 Å². The largest absolute Gasteiger partial charge is 0.422 e. The molecule has 0 radical (unpaired) electrons. The van der Waals surface area contributed by atoms with E-state index in [-0.39, 0.29) is 13.1 Å². The van der Waals surface area contributed by atoms with Gasteiger partial charge in [-0.1, -0.05) is 18.2 Å². The van der Waals surface area contributed by atoms with Gasteiger partial charge in [0.1, 0.15) is 5.58 Å². The van der Waals surface area contributed by atoms with E-state index < -0.39 is 23.5 Å². The molecule has 25 heavy (non-hydrogen) atoms. The third-order valence-electron chi connectivity index (χ3n) is 4.29. The molecular weight excluding hydrogens is 324 g/mol. The summed E-state index contributed by atoms with van der Waals surface area (Å²) in [6.45, 7) is 6.96. The molecule has 0 unspecified atom stereocenters. The molecule has 7 heteroatoms. The van der Waals surface area contributed by atoms with E-state index in [1.54, 1.807) is 6.07 Å². The number of amides is 4. The number of benzene rings is 1. The van der Waals surface area contributed by atoms with Crippen LogP contribution < -0.4 is 5.63 Å². The van der Waals surface area contributed by atoms with Gasteiger partial charge in [0.05, 0.1) is 6.54 Å². The fraction of sp³-hybridized carbons (Fsp3) is 0.222. The van der Waals surface area contributed by atoms with Gasteiger partial charge in [-0.2, -0.15) is 0 Å². The smallest absolute Gasteiger partial charge is 0.336 e. The molecule has 4 amide bonds. The fourth-order valence-electron chi connectivity index (χ4n) is 2.81. The summed E-state index contributed by atoms with van der Waals surface area (Å²) in [6, 6.07) is 4.15. The molecule has 2 heterocycles. The molecule has 0 bridgehead atoms. The maximum Gasteiger partial charge on any atom is 0.336 e. The highest BCUT2D eigenvalue weighted by atomic mass is 16.4. The van der Waals surface area contributed by atoms with E-state index in [2.05, 4.69) is 6.58 Å². The summed E-state index contributed by atoms with van der Waals surface area (Å²) in [5, 5.41) is 0.623. The Balaban J connectivity index is 2.07. The van der Waals surface area contributed by atoms with Crippen LogP contribution in [0, 0.1) is 13.8 Å². The topological polar surface area (TPSA) is 87.9 Å². The summed E-state index contributed by atoms with van der Waals surface area (Å²) in [5.41, 5.74) is 2.04. The third kappa shape index (κ3) is 2.63. The van der Waals surface area contributed by atoms with Crippen molar-refractivity contribution in [2.24, 2.45) is 0 Å². The number of rotatable bonds is 4. The molecule has 1 aromatic heterocycles. The van der Waals surface area contributed by atoms with Crippen molar-refractivity contribution in [1.82, 2.24) is 9.80 Å². The lowest BCUT2D eigenvalue weighted by Crippen LogP contribution is -2.33. The van der Waals surface area contributed by atoms with E-state index in [1.807, 2.05) is 19.9 Å². The van der Waals surface area contributed by atoms with Gasteiger partial charge in [0.25, 0.3) is 0 Å². The minimum atomic E-state index is -0.919. The van der Waals surface area contributed by atoms with Gasteiger partial charge in [0, 0.05) is 18.0 Å². The third-order valence-corrected chi connectivity index (χ3v) is 4.29. The van der Waals surface area contributed by atoms with Crippen LogP contribution in [0.5, 0.6) is 0 Å². The van der Waals surface area contributed by atoms with Crippen LogP contribution in [0.2, 0.25) is 0 Å². The molecule has 1 aliphatic heterocycles. The number of urea groups is 1. The van der Waals surface area contributed by atoms with Crippen LogP contribution in [0.25, 0.3) is 11.0 Å². The van der Waals surface area contributed by atoms with E-state index in [0.29, 0.717) is 16.5 Å². The summed E-state index contributed by atoms with van der Waals surface area (Å²) in [5.74, 6) is -1.82. The average molecular weight is 340 g/mol. The van der Waals surface area contributed by atoms with Crippen molar-refractivity contribution in [1.29, 1.82) is 0 Å². The highest BCUT2D eigenvalue weighted by Crippen LogP contribution is 2.25. The van der Waals surface area contributed by atoms with Gasteiger partial charge in [-0.3, -0.25) is 19.4 Å². The maximum atomic E-state index is 12.3. The first-order valence-corrected chi connectivity index (χ1v) is 7.66. The van der Waals surface area contributed by atoms with Gasteiger partial charge < -0.3 is 4.42 Å². The highest BCUT2D eigenvalue weighted by molar-refractivity contribution is 6.44. The summed E-state index contributed by atoms with van der Waals surface area (Å²) in [7, 11) is 0. The Bertz CT molecular complexity index is 989.